The summed E-state index contributed by atoms with van der Waals surface area (Å²) in [5.41, 5.74) is 2.58. The number of anilines is 1. The van der Waals surface area contributed by atoms with Crippen LogP contribution < -0.4 is 15.5 Å². The Hall–Kier alpha value is -2.57. The van der Waals surface area contributed by atoms with Crippen LogP contribution in [0.5, 0.6) is 0 Å². The van der Waals surface area contributed by atoms with Crippen molar-refractivity contribution in [2.75, 3.05) is 24.5 Å². The summed E-state index contributed by atoms with van der Waals surface area (Å²) in [7, 11) is 1.93. The second-order valence-corrected chi connectivity index (χ2v) is 6.71. The van der Waals surface area contributed by atoms with Crippen molar-refractivity contribution >= 4 is 11.6 Å². The number of aliphatic imine (C=N–C) groups is 1. The fraction of sp³-hybridized carbons (Fsp3) is 0.526. The zero-order valence-electron chi connectivity index (χ0n) is 15.9. The standard InChI is InChI=1S/C19H29N7/c1-4-20-19(21-13-18-24-22-14-25(18)3)23-15(2)16-8-7-9-17(12-16)26-10-5-6-11-26/h7-9,12,14-15H,4-6,10-11,13H2,1-3H3,(H2,20,21,23). The van der Waals surface area contributed by atoms with Crippen LogP contribution in [0.4, 0.5) is 5.69 Å². The maximum absolute atomic E-state index is 4.64. The smallest absolute Gasteiger partial charge is 0.192 e. The predicted molar refractivity (Wildman–Crippen MR) is 105 cm³/mol. The molecule has 2 heterocycles. The van der Waals surface area contributed by atoms with E-state index >= 15 is 0 Å². The van der Waals surface area contributed by atoms with Crippen molar-refractivity contribution in [3.8, 4) is 0 Å². The Bertz CT molecular complexity index is 731. The molecule has 1 fully saturated rings. The largest absolute Gasteiger partial charge is 0.372 e. The molecule has 0 radical (unpaired) electrons. The summed E-state index contributed by atoms with van der Waals surface area (Å²) >= 11 is 0. The van der Waals surface area contributed by atoms with Gasteiger partial charge < -0.3 is 20.1 Å². The molecule has 0 spiro atoms. The van der Waals surface area contributed by atoms with E-state index in [9.17, 15) is 0 Å². The summed E-state index contributed by atoms with van der Waals surface area (Å²) < 4.78 is 1.88. The SMILES string of the molecule is CCNC(=NCc1nncn1C)NC(C)c1cccc(N2CCCC2)c1. The number of aryl methyl sites for hydroxylation is 1. The van der Waals surface area contributed by atoms with Crippen LogP contribution in [-0.2, 0) is 13.6 Å². The van der Waals surface area contributed by atoms with Gasteiger partial charge in [0.15, 0.2) is 11.8 Å². The fourth-order valence-electron chi connectivity index (χ4n) is 3.17. The highest BCUT2D eigenvalue weighted by molar-refractivity contribution is 5.80. The predicted octanol–water partition coefficient (Wildman–Crippen LogP) is 2.23. The number of nitrogens with zero attached hydrogens (tertiary/aromatic N) is 5. The Morgan fingerprint density at radius 3 is 2.81 bits per heavy atom. The van der Waals surface area contributed by atoms with Crippen molar-refractivity contribution in [1.29, 1.82) is 0 Å². The van der Waals surface area contributed by atoms with Gasteiger partial charge in [0.1, 0.15) is 12.9 Å². The summed E-state index contributed by atoms with van der Waals surface area (Å²) in [4.78, 5) is 7.10. The van der Waals surface area contributed by atoms with E-state index in [1.807, 2.05) is 11.6 Å². The minimum absolute atomic E-state index is 0.162. The molecule has 1 aliphatic rings. The molecule has 0 amide bonds. The van der Waals surface area contributed by atoms with Gasteiger partial charge in [0.2, 0.25) is 0 Å². The molecule has 1 aromatic carbocycles. The molecule has 1 aromatic heterocycles. The highest BCUT2D eigenvalue weighted by Crippen LogP contribution is 2.23. The maximum atomic E-state index is 4.64. The van der Waals surface area contributed by atoms with Crippen LogP contribution in [0.15, 0.2) is 35.6 Å². The normalized spacial score (nSPS) is 16.0. The Morgan fingerprint density at radius 1 is 1.31 bits per heavy atom. The summed E-state index contributed by atoms with van der Waals surface area (Å²) in [6.45, 7) is 7.86. The summed E-state index contributed by atoms with van der Waals surface area (Å²) in [5, 5.41) is 14.8. The molecule has 0 saturated carbocycles. The van der Waals surface area contributed by atoms with E-state index in [0.717, 1.165) is 31.4 Å². The summed E-state index contributed by atoms with van der Waals surface area (Å²) in [5.74, 6) is 1.63. The molecule has 26 heavy (non-hydrogen) atoms. The molecule has 0 bridgehead atoms. The molecule has 1 aliphatic heterocycles. The van der Waals surface area contributed by atoms with E-state index in [1.165, 1.54) is 24.1 Å². The maximum Gasteiger partial charge on any atom is 0.192 e. The molecule has 3 rings (SSSR count). The third-order valence-corrected chi connectivity index (χ3v) is 4.72. The second-order valence-electron chi connectivity index (χ2n) is 6.71. The molecule has 1 unspecified atom stereocenters. The number of guanidine groups is 1. The van der Waals surface area contributed by atoms with Crippen LogP contribution in [0.3, 0.4) is 0 Å². The van der Waals surface area contributed by atoms with Crippen molar-refractivity contribution in [2.24, 2.45) is 12.0 Å². The number of hydrogen-bond acceptors (Lipinski definition) is 4. The molecular weight excluding hydrogens is 326 g/mol. The zero-order valence-corrected chi connectivity index (χ0v) is 15.9. The minimum Gasteiger partial charge on any atom is -0.372 e. The van der Waals surface area contributed by atoms with Crippen molar-refractivity contribution < 1.29 is 0 Å². The van der Waals surface area contributed by atoms with Gasteiger partial charge in [-0.25, -0.2) is 4.99 Å². The third-order valence-electron chi connectivity index (χ3n) is 4.72. The van der Waals surface area contributed by atoms with Gasteiger partial charge in [-0.1, -0.05) is 12.1 Å². The molecular formula is C19H29N7. The average molecular weight is 355 g/mol. The van der Waals surface area contributed by atoms with Gasteiger partial charge in [0.25, 0.3) is 0 Å². The Kier molecular flexibility index (Phi) is 6.09. The topological polar surface area (TPSA) is 70.4 Å². The van der Waals surface area contributed by atoms with E-state index in [0.29, 0.717) is 6.54 Å². The first kappa shape index (κ1) is 18.2. The van der Waals surface area contributed by atoms with Gasteiger partial charge in [-0.05, 0) is 44.4 Å². The van der Waals surface area contributed by atoms with Gasteiger partial charge >= 0.3 is 0 Å². The number of nitrogens with one attached hydrogen (secondary N) is 2. The molecule has 2 N–H and O–H groups in total. The quantitative estimate of drug-likeness (QED) is 0.614. The highest BCUT2D eigenvalue weighted by atomic mass is 15.3. The lowest BCUT2D eigenvalue weighted by molar-refractivity contribution is 0.681. The lowest BCUT2D eigenvalue weighted by Gasteiger charge is -2.22. The van der Waals surface area contributed by atoms with Gasteiger partial charge in [0, 0.05) is 32.4 Å². The van der Waals surface area contributed by atoms with Gasteiger partial charge in [-0.3, -0.25) is 0 Å². The van der Waals surface area contributed by atoms with E-state index in [2.05, 4.69) is 68.8 Å². The van der Waals surface area contributed by atoms with Crippen LogP contribution in [0.1, 0.15) is 44.1 Å². The number of aromatic nitrogens is 3. The Balaban J connectivity index is 1.68. The molecule has 2 aromatic rings. The Morgan fingerprint density at radius 2 is 2.12 bits per heavy atom. The van der Waals surface area contributed by atoms with Gasteiger partial charge in [-0.15, -0.1) is 10.2 Å². The number of hydrogen-bond donors (Lipinski definition) is 2. The monoisotopic (exact) mass is 355 g/mol. The average Bonchev–Trinajstić information content (AvgIpc) is 3.32. The molecule has 7 nitrogen and oxygen atoms in total. The summed E-state index contributed by atoms with van der Waals surface area (Å²) in [6, 6.07) is 8.97. The molecule has 7 heteroatoms. The van der Waals surface area contributed by atoms with Crippen LogP contribution in [-0.4, -0.2) is 40.4 Å². The first-order chi connectivity index (χ1) is 12.7. The zero-order chi connectivity index (χ0) is 18.4. The van der Waals surface area contributed by atoms with Gasteiger partial charge in [0.05, 0.1) is 6.04 Å². The van der Waals surface area contributed by atoms with Crippen molar-refractivity contribution in [1.82, 2.24) is 25.4 Å². The molecule has 1 atom stereocenters. The third kappa shape index (κ3) is 4.53. The van der Waals surface area contributed by atoms with E-state index < -0.39 is 0 Å². The van der Waals surface area contributed by atoms with E-state index in [1.54, 1.807) is 6.33 Å². The van der Waals surface area contributed by atoms with Crippen molar-refractivity contribution in [3.05, 3.63) is 42.0 Å². The molecule has 1 saturated heterocycles. The van der Waals surface area contributed by atoms with E-state index in [4.69, 9.17) is 0 Å². The number of rotatable bonds is 6. The Labute approximate surface area is 155 Å². The second kappa shape index (κ2) is 8.69. The number of benzene rings is 1. The lowest BCUT2D eigenvalue weighted by atomic mass is 10.1. The summed E-state index contributed by atoms with van der Waals surface area (Å²) in [6.07, 6.45) is 4.27. The molecule has 0 aliphatic carbocycles. The van der Waals surface area contributed by atoms with E-state index in [-0.39, 0.29) is 6.04 Å². The minimum atomic E-state index is 0.162. The van der Waals surface area contributed by atoms with Crippen LogP contribution in [0.2, 0.25) is 0 Å². The van der Waals surface area contributed by atoms with Crippen LogP contribution in [0.25, 0.3) is 0 Å². The highest BCUT2D eigenvalue weighted by Gasteiger charge is 2.14. The lowest BCUT2D eigenvalue weighted by Crippen LogP contribution is -2.38. The first-order valence-corrected chi connectivity index (χ1v) is 9.40. The van der Waals surface area contributed by atoms with Crippen LogP contribution in [0, 0.1) is 0 Å². The van der Waals surface area contributed by atoms with Gasteiger partial charge in [-0.2, -0.15) is 0 Å². The van der Waals surface area contributed by atoms with Crippen LogP contribution >= 0.6 is 0 Å². The first-order valence-electron chi connectivity index (χ1n) is 9.40. The van der Waals surface area contributed by atoms with Crippen molar-refractivity contribution in [2.45, 2.75) is 39.3 Å². The fourth-order valence-corrected chi connectivity index (χ4v) is 3.17. The van der Waals surface area contributed by atoms with Crippen molar-refractivity contribution in [3.63, 3.8) is 0 Å². The molecule has 140 valence electrons.